The highest BCUT2D eigenvalue weighted by atomic mass is 35.5. The molecule has 0 unspecified atom stereocenters. The molecule has 0 bridgehead atoms. The van der Waals surface area contributed by atoms with E-state index in [1.54, 1.807) is 18.2 Å². The number of nitrogens with one attached hydrogen (secondary N) is 1. The number of hydrogen-bond donors (Lipinski definition) is 1. The van der Waals surface area contributed by atoms with E-state index in [0.717, 1.165) is 43.2 Å². The van der Waals surface area contributed by atoms with Crippen molar-refractivity contribution in [1.29, 1.82) is 0 Å². The van der Waals surface area contributed by atoms with Crippen LogP contribution >= 0.6 is 12.4 Å². The van der Waals surface area contributed by atoms with E-state index in [9.17, 15) is 13.2 Å². The van der Waals surface area contributed by atoms with Crippen molar-refractivity contribution in [3.63, 3.8) is 0 Å². The molecule has 3 aromatic rings. The lowest BCUT2D eigenvalue weighted by Gasteiger charge is -2.18. The molecule has 1 aliphatic rings. The molecule has 29 heavy (non-hydrogen) atoms. The first kappa shape index (κ1) is 21.4. The summed E-state index contributed by atoms with van der Waals surface area (Å²) < 4.78 is 45.5. The highest BCUT2D eigenvalue weighted by Crippen LogP contribution is 2.38. The molecule has 2 heterocycles. The van der Waals surface area contributed by atoms with Crippen molar-refractivity contribution in [2.45, 2.75) is 25.9 Å². The minimum absolute atomic E-state index is 0. The molecule has 0 saturated carbocycles. The molecule has 4 rings (SSSR count). The first-order chi connectivity index (χ1) is 13.4. The molecular formula is C22H22ClF3N2O. The fourth-order valence-corrected chi connectivity index (χ4v) is 3.66. The number of rotatable bonds is 3. The van der Waals surface area contributed by atoms with Gasteiger partial charge >= 0.3 is 6.18 Å². The van der Waals surface area contributed by atoms with Gasteiger partial charge in [0.1, 0.15) is 5.82 Å². The quantitative estimate of drug-likeness (QED) is 0.529. The van der Waals surface area contributed by atoms with Gasteiger partial charge in [-0.15, -0.1) is 12.4 Å². The van der Waals surface area contributed by atoms with E-state index in [-0.39, 0.29) is 18.0 Å². The van der Waals surface area contributed by atoms with Gasteiger partial charge in [0, 0.05) is 13.2 Å². The molecular weight excluding hydrogens is 401 g/mol. The van der Waals surface area contributed by atoms with Gasteiger partial charge in [0.15, 0.2) is 0 Å². The number of aromatic nitrogens is 2. The Morgan fingerprint density at radius 1 is 1.14 bits per heavy atom. The molecule has 1 saturated heterocycles. The molecule has 0 aliphatic carbocycles. The number of hydrogen-bond acceptors (Lipinski definition) is 2. The van der Waals surface area contributed by atoms with Gasteiger partial charge in [-0.3, -0.25) is 0 Å². The van der Waals surface area contributed by atoms with Gasteiger partial charge in [-0.05, 0) is 66.6 Å². The second-order valence-corrected chi connectivity index (χ2v) is 7.16. The minimum Gasteiger partial charge on any atom is -0.381 e. The summed E-state index contributed by atoms with van der Waals surface area (Å²) in [7, 11) is 0. The second-order valence-electron chi connectivity index (χ2n) is 7.16. The van der Waals surface area contributed by atoms with Crippen molar-refractivity contribution in [3.8, 4) is 11.1 Å². The summed E-state index contributed by atoms with van der Waals surface area (Å²) in [5.74, 6) is 1.18. The van der Waals surface area contributed by atoms with Crippen molar-refractivity contribution in [1.82, 2.24) is 9.97 Å². The van der Waals surface area contributed by atoms with Crippen LogP contribution in [0, 0.1) is 12.8 Å². The lowest BCUT2D eigenvalue weighted by Crippen LogP contribution is -2.13. The summed E-state index contributed by atoms with van der Waals surface area (Å²) in [6, 6.07) is 9.14. The standard InChI is InChI=1S/C22H21F3N2O.ClH/c1-14-12-16(17-4-2-3-5-18(17)22(23,24)25)13-19-21(14)27-20(26-19)7-6-15-8-10-28-11-9-15;/h2-7,12-13,15H,8-11H2,1H3,(H,26,27);1H. The van der Waals surface area contributed by atoms with Gasteiger partial charge < -0.3 is 9.72 Å². The summed E-state index contributed by atoms with van der Waals surface area (Å²) in [5, 5.41) is 0. The van der Waals surface area contributed by atoms with Gasteiger partial charge in [-0.25, -0.2) is 4.98 Å². The molecule has 1 aromatic heterocycles. The van der Waals surface area contributed by atoms with Crippen LogP contribution in [-0.4, -0.2) is 23.2 Å². The monoisotopic (exact) mass is 422 g/mol. The number of benzene rings is 2. The number of nitrogens with zero attached hydrogens (tertiary/aromatic N) is 1. The van der Waals surface area contributed by atoms with Crippen molar-refractivity contribution < 1.29 is 17.9 Å². The van der Waals surface area contributed by atoms with Crippen molar-refractivity contribution >= 4 is 29.5 Å². The van der Waals surface area contributed by atoms with Gasteiger partial charge in [0.05, 0.1) is 16.6 Å². The predicted molar refractivity (Wildman–Crippen MR) is 111 cm³/mol. The smallest absolute Gasteiger partial charge is 0.381 e. The lowest BCUT2D eigenvalue weighted by atomic mass is 9.97. The minimum atomic E-state index is -4.40. The Labute approximate surface area is 173 Å². The number of H-pyrrole nitrogens is 1. The number of aryl methyl sites for hydroxylation is 1. The van der Waals surface area contributed by atoms with Crippen LogP contribution in [0.5, 0.6) is 0 Å². The number of alkyl halides is 3. The molecule has 2 aromatic carbocycles. The van der Waals surface area contributed by atoms with Gasteiger partial charge in [0.2, 0.25) is 0 Å². The van der Waals surface area contributed by atoms with Crippen molar-refractivity contribution in [2.24, 2.45) is 5.92 Å². The number of aromatic amines is 1. The highest BCUT2D eigenvalue weighted by Gasteiger charge is 2.33. The Bertz CT molecular complexity index is 1020. The molecule has 1 fully saturated rings. The number of imidazole rings is 1. The largest absolute Gasteiger partial charge is 0.417 e. The molecule has 0 amide bonds. The number of ether oxygens (including phenoxy) is 1. The second kappa shape index (κ2) is 8.59. The fraction of sp³-hybridized carbons (Fsp3) is 0.318. The third kappa shape index (κ3) is 4.65. The van der Waals surface area contributed by atoms with E-state index in [2.05, 4.69) is 16.0 Å². The van der Waals surface area contributed by atoms with Crippen LogP contribution in [0.1, 0.15) is 29.8 Å². The van der Waals surface area contributed by atoms with Crippen LogP contribution in [0.25, 0.3) is 28.2 Å². The number of halogens is 4. The highest BCUT2D eigenvalue weighted by molar-refractivity contribution is 5.86. The number of fused-ring (bicyclic) bond motifs is 1. The molecule has 1 N–H and O–H groups in total. The van der Waals surface area contributed by atoms with E-state index in [4.69, 9.17) is 4.74 Å². The summed E-state index contributed by atoms with van der Waals surface area (Å²) in [5.41, 5.74) is 2.43. The van der Waals surface area contributed by atoms with Crippen LogP contribution in [0.15, 0.2) is 42.5 Å². The molecule has 0 spiro atoms. The topological polar surface area (TPSA) is 37.9 Å². The van der Waals surface area contributed by atoms with Gasteiger partial charge in [-0.2, -0.15) is 13.2 Å². The summed E-state index contributed by atoms with van der Waals surface area (Å²) in [6.45, 7) is 3.43. The van der Waals surface area contributed by atoms with Gasteiger partial charge in [-0.1, -0.05) is 24.3 Å². The van der Waals surface area contributed by atoms with E-state index < -0.39 is 11.7 Å². The van der Waals surface area contributed by atoms with Crippen LogP contribution in [0.2, 0.25) is 0 Å². The van der Waals surface area contributed by atoms with E-state index in [0.29, 0.717) is 22.8 Å². The Morgan fingerprint density at radius 3 is 2.59 bits per heavy atom. The number of allylic oxidation sites excluding steroid dienone is 1. The maximum Gasteiger partial charge on any atom is 0.417 e. The molecule has 7 heteroatoms. The first-order valence-corrected chi connectivity index (χ1v) is 9.35. The van der Waals surface area contributed by atoms with Crippen LogP contribution < -0.4 is 0 Å². The zero-order valence-corrected chi connectivity index (χ0v) is 16.7. The van der Waals surface area contributed by atoms with Crippen molar-refractivity contribution in [3.05, 3.63) is 59.4 Å². The molecule has 0 atom stereocenters. The summed E-state index contributed by atoms with van der Waals surface area (Å²) in [6.07, 6.45) is 1.68. The Hall–Kier alpha value is -2.31. The zero-order valence-electron chi connectivity index (χ0n) is 15.9. The van der Waals surface area contributed by atoms with E-state index in [1.165, 1.54) is 12.1 Å². The zero-order chi connectivity index (χ0) is 19.7. The van der Waals surface area contributed by atoms with Crippen LogP contribution in [0.3, 0.4) is 0 Å². The lowest BCUT2D eigenvalue weighted by molar-refractivity contribution is -0.137. The van der Waals surface area contributed by atoms with Crippen molar-refractivity contribution in [2.75, 3.05) is 13.2 Å². The Balaban J connectivity index is 0.00000240. The normalized spacial score (nSPS) is 15.7. The summed E-state index contributed by atoms with van der Waals surface area (Å²) >= 11 is 0. The molecule has 3 nitrogen and oxygen atoms in total. The average molecular weight is 423 g/mol. The molecule has 0 radical (unpaired) electrons. The van der Waals surface area contributed by atoms with E-state index >= 15 is 0 Å². The fourth-order valence-electron chi connectivity index (χ4n) is 3.66. The molecule has 1 aliphatic heterocycles. The molecule has 154 valence electrons. The third-order valence-corrected chi connectivity index (χ3v) is 5.14. The Kier molecular flexibility index (Phi) is 6.34. The van der Waals surface area contributed by atoms with E-state index in [1.807, 2.05) is 13.0 Å². The Morgan fingerprint density at radius 2 is 1.86 bits per heavy atom. The predicted octanol–water partition coefficient (Wildman–Crippen LogP) is 6.42. The van der Waals surface area contributed by atoms with Gasteiger partial charge in [0.25, 0.3) is 0 Å². The summed E-state index contributed by atoms with van der Waals surface area (Å²) in [4.78, 5) is 7.86. The SMILES string of the molecule is Cc1cc(-c2ccccc2C(F)(F)F)cc2nc(C=CC3CCOCC3)[nH]c12.Cl. The third-order valence-electron chi connectivity index (χ3n) is 5.14. The first-order valence-electron chi connectivity index (χ1n) is 9.35. The maximum atomic E-state index is 13.4. The van der Waals surface area contributed by atoms with Crippen LogP contribution in [-0.2, 0) is 10.9 Å². The van der Waals surface area contributed by atoms with Crippen LogP contribution in [0.4, 0.5) is 13.2 Å². The average Bonchev–Trinajstić information content (AvgIpc) is 3.10. The maximum absolute atomic E-state index is 13.4.